The van der Waals surface area contributed by atoms with E-state index >= 15 is 0 Å². The van der Waals surface area contributed by atoms with Gasteiger partial charge >= 0.3 is 5.97 Å². The largest absolute Gasteiger partial charge is 0.478 e. The number of fused-ring (bicyclic) bond motifs is 1. The molecule has 2 N–H and O–H groups in total. The number of nitrogens with zero attached hydrogens (tertiary/aromatic N) is 2. The Balaban J connectivity index is 1.81. The lowest BCUT2D eigenvalue weighted by Gasteiger charge is -2.13. The second-order valence-electron chi connectivity index (χ2n) is 7.34. The first-order chi connectivity index (χ1) is 15.2. The lowest BCUT2D eigenvalue weighted by atomic mass is 10.1. The van der Waals surface area contributed by atoms with Crippen LogP contribution in [0.2, 0.25) is 5.02 Å². The number of hydrogen-bond acceptors (Lipinski definition) is 5. The standard InChI is InChI=1S/C23H18ClN3O4S/c1-12-3-6-14(7-4-12)20-26-21-19(16(11-32-21)23(30)31)22(29)27(20)10-18(28)25-15-8-5-13(2)17(24)9-15/h3-9,11H,10H2,1-2H3,(H,25,28)(H,30,31). The van der Waals surface area contributed by atoms with Gasteiger partial charge in [0.25, 0.3) is 5.56 Å². The highest BCUT2D eigenvalue weighted by Gasteiger charge is 2.21. The molecule has 0 spiro atoms. The first-order valence-electron chi connectivity index (χ1n) is 9.63. The zero-order valence-electron chi connectivity index (χ0n) is 17.2. The average Bonchev–Trinajstić information content (AvgIpc) is 3.18. The Labute approximate surface area is 191 Å². The molecule has 9 heteroatoms. The van der Waals surface area contributed by atoms with Gasteiger partial charge in [0.05, 0.1) is 10.9 Å². The number of carbonyl (C=O) groups is 2. The van der Waals surface area contributed by atoms with Gasteiger partial charge in [0.1, 0.15) is 17.2 Å². The summed E-state index contributed by atoms with van der Waals surface area (Å²) in [5.41, 5.74) is 2.33. The fraction of sp³-hybridized carbons (Fsp3) is 0.130. The minimum Gasteiger partial charge on any atom is -0.478 e. The van der Waals surface area contributed by atoms with E-state index in [4.69, 9.17) is 11.6 Å². The molecule has 7 nitrogen and oxygen atoms in total. The second-order valence-corrected chi connectivity index (χ2v) is 8.60. The van der Waals surface area contributed by atoms with Gasteiger partial charge in [-0.05, 0) is 31.5 Å². The average molecular weight is 468 g/mol. The Bertz CT molecular complexity index is 1420. The van der Waals surface area contributed by atoms with E-state index in [-0.39, 0.29) is 17.5 Å². The minimum absolute atomic E-state index is 0.00968. The Morgan fingerprint density at radius 1 is 1.16 bits per heavy atom. The molecule has 0 aliphatic heterocycles. The number of aromatic nitrogens is 2. The van der Waals surface area contributed by atoms with Crippen LogP contribution in [0, 0.1) is 13.8 Å². The Kier molecular flexibility index (Phi) is 5.82. The van der Waals surface area contributed by atoms with E-state index in [1.807, 2.05) is 38.1 Å². The third-order valence-corrected chi connectivity index (χ3v) is 6.27. The SMILES string of the molecule is Cc1ccc(-c2nc3scc(C(=O)O)c3c(=O)n2CC(=O)Nc2ccc(C)c(Cl)c2)cc1. The molecule has 2 aromatic carbocycles. The Morgan fingerprint density at radius 3 is 2.53 bits per heavy atom. The number of rotatable bonds is 5. The fourth-order valence-electron chi connectivity index (χ4n) is 3.27. The van der Waals surface area contributed by atoms with Crippen molar-refractivity contribution in [3.8, 4) is 11.4 Å². The van der Waals surface area contributed by atoms with Crippen molar-refractivity contribution in [3.63, 3.8) is 0 Å². The number of benzene rings is 2. The number of carboxylic acid groups (broad SMARTS) is 1. The molecule has 4 aromatic rings. The van der Waals surface area contributed by atoms with Crippen molar-refractivity contribution in [1.29, 1.82) is 0 Å². The van der Waals surface area contributed by atoms with E-state index in [1.54, 1.807) is 18.2 Å². The van der Waals surface area contributed by atoms with Crippen molar-refractivity contribution in [1.82, 2.24) is 9.55 Å². The predicted octanol–water partition coefficient (Wildman–Crippen LogP) is 4.73. The van der Waals surface area contributed by atoms with E-state index in [0.717, 1.165) is 22.5 Å². The van der Waals surface area contributed by atoms with Crippen LogP contribution in [0.15, 0.2) is 52.6 Å². The summed E-state index contributed by atoms with van der Waals surface area (Å²) in [4.78, 5) is 42.6. The van der Waals surface area contributed by atoms with Gasteiger partial charge in [-0.15, -0.1) is 11.3 Å². The van der Waals surface area contributed by atoms with E-state index in [0.29, 0.717) is 26.9 Å². The number of nitrogens with one attached hydrogen (secondary N) is 1. The van der Waals surface area contributed by atoms with E-state index in [2.05, 4.69) is 10.3 Å². The zero-order valence-corrected chi connectivity index (χ0v) is 18.8. The van der Waals surface area contributed by atoms with Crippen molar-refractivity contribution < 1.29 is 14.7 Å². The molecule has 0 aliphatic rings. The van der Waals surface area contributed by atoms with Crippen molar-refractivity contribution in [3.05, 3.63) is 79.9 Å². The number of carboxylic acids is 1. The van der Waals surface area contributed by atoms with Gasteiger partial charge < -0.3 is 10.4 Å². The van der Waals surface area contributed by atoms with E-state index < -0.39 is 17.4 Å². The monoisotopic (exact) mass is 467 g/mol. The lowest BCUT2D eigenvalue weighted by Crippen LogP contribution is -2.30. The maximum Gasteiger partial charge on any atom is 0.337 e. The van der Waals surface area contributed by atoms with Crippen LogP contribution in [0.25, 0.3) is 21.6 Å². The summed E-state index contributed by atoms with van der Waals surface area (Å²) in [7, 11) is 0. The van der Waals surface area contributed by atoms with Crippen LogP contribution >= 0.6 is 22.9 Å². The van der Waals surface area contributed by atoms with Gasteiger partial charge in [-0.2, -0.15) is 0 Å². The Hall–Kier alpha value is -3.49. The highest BCUT2D eigenvalue weighted by atomic mass is 35.5. The Morgan fingerprint density at radius 2 is 1.88 bits per heavy atom. The maximum absolute atomic E-state index is 13.3. The third kappa shape index (κ3) is 4.15. The molecule has 162 valence electrons. The maximum atomic E-state index is 13.3. The number of halogens is 1. The minimum atomic E-state index is -1.22. The molecule has 0 bridgehead atoms. The summed E-state index contributed by atoms with van der Waals surface area (Å²) in [6, 6.07) is 12.5. The van der Waals surface area contributed by atoms with Crippen molar-refractivity contribution >= 4 is 50.7 Å². The summed E-state index contributed by atoms with van der Waals surface area (Å²) < 4.78 is 1.21. The molecule has 0 unspecified atom stereocenters. The zero-order chi connectivity index (χ0) is 23.0. The predicted molar refractivity (Wildman–Crippen MR) is 126 cm³/mol. The number of aryl methyl sites for hydroxylation is 2. The van der Waals surface area contributed by atoms with Crippen molar-refractivity contribution in [2.45, 2.75) is 20.4 Å². The molecule has 2 aromatic heterocycles. The van der Waals surface area contributed by atoms with Crippen molar-refractivity contribution in [2.75, 3.05) is 5.32 Å². The van der Waals surface area contributed by atoms with Crippen molar-refractivity contribution in [2.24, 2.45) is 0 Å². The first-order valence-corrected chi connectivity index (χ1v) is 10.9. The smallest absolute Gasteiger partial charge is 0.337 e. The molecule has 1 amide bonds. The van der Waals surface area contributed by atoms with Gasteiger partial charge in [-0.25, -0.2) is 9.78 Å². The lowest BCUT2D eigenvalue weighted by molar-refractivity contribution is -0.116. The van der Waals surface area contributed by atoms with Gasteiger partial charge in [0, 0.05) is 21.7 Å². The number of thiophene rings is 1. The first kappa shape index (κ1) is 21.7. The van der Waals surface area contributed by atoms with Crippen LogP contribution in [0.3, 0.4) is 0 Å². The number of amides is 1. The topological polar surface area (TPSA) is 101 Å². The number of aromatic carboxylic acids is 1. The van der Waals surface area contributed by atoms with Crippen LogP contribution in [-0.2, 0) is 11.3 Å². The molecule has 4 rings (SSSR count). The number of hydrogen-bond donors (Lipinski definition) is 2. The normalized spacial score (nSPS) is 11.0. The molecule has 0 atom stereocenters. The van der Waals surface area contributed by atoms with Crippen LogP contribution in [-0.4, -0.2) is 26.5 Å². The molecule has 0 aliphatic carbocycles. The summed E-state index contributed by atoms with van der Waals surface area (Å²) in [6.45, 7) is 3.44. The molecule has 0 radical (unpaired) electrons. The molecule has 2 heterocycles. The van der Waals surface area contributed by atoms with Gasteiger partial charge in [-0.1, -0.05) is 47.5 Å². The number of anilines is 1. The molecule has 0 saturated carbocycles. The highest BCUT2D eigenvalue weighted by molar-refractivity contribution is 7.17. The molecule has 0 saturated heterocycles. The van der Waals surface area contributed by atoms with Crippen LogP contribution < -0.4 is 10.9 Å². The number of carbonyl (C=O) groups excluding carboxylic acids is 1. The van der Waals surface area contributed by atoms with Crippen LogP contribution in [0.1, 0.15) is 21.5 Å². The highest BCUT2D eigenvalue weighted by Crippen LogP contribution is 2.26. The molecule has 0 fully saturated rings. The van der Waals surface area contributed by atoms with Gasteiger partial charge in [0.2, 0.25) is 5.91 Å². The molecular weight excluding hydrogens is 450 g/mol. The third-order valence-electron chi connectivity index (χ3n) is 4.99. The van der Waals surface area contributed by atoms with Gasteiger partial charge in [0.15, 0.2) is 0 Å². The van der Waals surface area contributed by atoms with E-state index in [9.17, 15) is 19.5 Å². The van der Waals surface area contributed by atoms with Crippen LogP contribution in [0.5, 0.6) is 0 Å². The summed E-state index contributed by atoms with van der Waals surface area (Å²) in [6.07, 6.45) is 0. The summed E-state index contributed by atoms with van der Waals surface area (Å²) in [5.74, 6) is -1.39. The van der Waals surface area contributed by atoms with Crippen LogP contribution in [0.4, 0.5) is 5.69 Å². The van der Waals surface area contributed by atoms with Gasteiger partial charge in [-0.3, -0.25) is 14.2 Å². The summed E-state index contributed by atoms with van der Waals surface area (Å²) in [5, 5.41) is 14.1. The fourth-order valence-corrected chi connectivity index (χ4v) is 4.35. The van der Waals surface area contributed by atoms with E-state index in [1.165, 1.54) is 9.95 Å². The second kappa shape index (κ2) is 8.57. The quantitative estimate of drug-likeness (QED) is 0.441. The summed E-state index contributed by atoms with van der Waals surface area (Å²) >= 11 is 7.21. The molecule has 32 heavy (non-hydrogen) atoms. The molecular formula is C23H18ClN3O4S.